The lowest BCUT2D eigenvalue weighted by molar-refractivity contribution is 0.194. The molecule has 1 aliphatic heterocycles. The number of aromatic nitrogens is 1. The number of sulfone groups is 1. The van der Waals surface area contributed by atoms with Crippen LogP contribution in [-0.2, 0) is 9.84 Å². The first-order chi connectivity index (χ1) is 11.3. The molecule has 128 valence electrons. The number of aliphatic hydroxyl groups is 1. The fraction of sp³-hybridized carbons (Fsp3) is 0.312. The molecule has 2 atom stereocenters. The average molecular weight is 354 g/mol. The van der Waals surface area contributed by atoms with Crippen molar-refractivity contribution >= 4 is 15.7 Å². The molecule has 0 amide bonds. The number of pyridine rings is 1. The molecule has 1 N–H and O–H groups in total. The zero-order valence-corrected chi connectivity index (χ0v) is 13.7. The van der Waals surface area contributed by atoms with Crippen LogP contribution in [0.5, 0.6) is 0 Å². The largest absolute Gasteiger partial charge is 0.391 e. The number of β-amino-alcohol motifs (C(OH)–C–C–N with tert-alkyl or cyclic N) is 1. The van der Waals surface area contributed by atoms with Crippen LogP contribution in [0.25, 0.3) is 0 Å². The molecule has 2 aromatic rings. The van der Waals surface area contributed by atoms with Gasteiger partial charge in [-0.15, -0.1) is 0 Å². The van der Waals surface area contributed by atoms with Gasteiger partial charge in [0.2, 0.25) is 0 Å². The fourth-order valence-electron chi connectivity index (χ4n) is 2.89. The molecule has 8 heteroatoms. The quantitative estimate of drug-likeness (QED) is 0.914. The van der Waals surface area contributed by atoms with Crippen LogP contribution in [0.15, 0.2) is 41.4 Å². The second-order valence-corrected chi connectivity index (χ2v) is 7.86. The van der Waals surface area contributed by atoms with E-state index < -0.39 is 33.6 Å². The van der Waals surface area contributed by atoms with Gasteiger partial charge < -0.3 is 10.0 Å². The van der Waals surface area contributed by atoms with Gasteiger partial charge in [0.05, 0.1) is 17.0 Å². The summed E-state index contributed by atoms with van der Waals surface area (Å²) in [6.45, 7) is 0.200. The first-order valence-electron chi connectivity index (χ1n) is 7.31. The Bertz CT molecular complexity index is 856. The van der Waals surface area contributed by atoms with Crippen LogP contribution >= 0.6 is 0 Å². The Hall–Kier alpha value is -2.06. The molecule has 0 bridgehead atoms. The van der Waals surface area contributed by atoms with Crippen LogP contribution in [0, 0.1) is 11.6 Å². The molecule has 1 saturated heterocycles. The van der Waals surface area contributed by atoms with Crippen LogP contribution < -0.4 is 4.90 Å². The predicted molar refractivity (Wildman–Crippen MR) is 84.4 cm³/mol. The smallest absolute Gasteiger partial charge is 0.177 e. The minimum atomic E-state index is -3.37. The number of anilines is 1. The van der Waals surface area contributed by atoms with Gasteiger partial charge in [-0.25, -0.2) is 22.2 Å². The SMILES string of the molecule is CS(=O)(=O)c1ccc(N2CC(O)CC2c2cc(F)ccc2F)nc1. The summed E-state index contributed by atoms with van der Waals surface area (Å²) < 4.78 is 50.6. The molecule has 1 aromatic heterocycles. The van der Waals surface area contributed by atoms with Crippen molar-refractivity contribution in [1.82, 2.24) is 4.98 Å². The number of benzene rings is 1. The van der Waals surface area contributed by atoms with Crippen LogP contribution in [0.3, 0.4) is 0 Å². The number of hydrogen-bond donors (Lipinski definition) is 1. The Morgan fingerprint density at radius 1 is 1.25 bits per heavy atom. The van der Waals surface area contributed by atoms with Crippen molar-refractivity contribution in [2.24, 2.45) is 0 Å². The van der Waals surface area contributed by atoms with E-state index in [1.54, 1.807) is 4.90 Å². The first-order valence-corrected chi connectivity index (χ1v) is 9.20. The number of rotatable bonds is 3. The summed E-state index contributed by atoms with van der Waals surface area (Å²) in [5, 5.41) is 9.96. The Morgan fingerprint density at radius 2 is 2.00 bits per heavy atom. The molecular weight excluding hydrogens is 338 g/mol. The molecule has 2 unspecified atom stereocenters. The number of nitrogens with zero attached hydrogens (tertiary/aromatic N) is 2. The van der Waals surface area contributed by atoms with Gasteiger partial charge in [-0.3, -0.25) is 0 Å². The maximum Gasteiger partial charge on any atom is 0.177 e. The molecule has 3 rings (SSSR count). The lowest BCUT2D eigenvalue weighted by Crippen LogP contribution is -2.25. The normalized spacial score (nSPS) is 21.2. The Kier molecular flexibility index (Phi) is 4.27. The first kappa shape index (κ1) is 16.8. The molecule has 24 heavy (non-hydrogen) atoms. The van der Waals surface area contributed by atoms with E-state index in [0.717, 1.165) is 24.5 Å². The molecule has 0 saturated carbocycles. The number of halogens is 2. The third-order valence-electron chi connectivity index (χ3n) is 4.04. The monoisotopic (exact) mass is 354 g/mol. The van der Waals surface area contributed by atoms with Gasteiger partial charge in [0, 0.05) is 24.6 Å². The van der Waals surface area contributed by atoms with Crippen molar-refractivity contribution in [3.8, 4) is 0 Å². The molecular formula is C16H16F2N2O3S. The summed E-state index contributed by atoms with van der Waals surface area (Å²) in [4.78, 5) is 5.83. The summed E-state index contributed by atoms with van der Waals surface area (Å²) >= 11 is 0. The Morgan fingerprint density at radius 3 is 2.62 bits per heavy atom. The maximum atomic E-state index is 14.1. The number of hydrogen-bond acceptors (Lipinski definition) is 5. The van der Waals surface area contributed by atoms with Gasteiger partial charge in [0.25, 0.3) is 0 Å². The lowest BCUT2D eigenvalue weighted by Gasteiger charge is -2.26. The van der Waals surface area contributed by atoms with E-state index in [0.29, 0.717) is 5.82 Å². The van der Waals surface area contributed by atoms with E-state index in [-0.39, 0.29) is 23.4 Å². The molecule has 1 aromatic carbocycles. The second-order valence-electron chi connectivity index (χ2n) is 5.85. The highest BCUT2D eigenvalue weighted by molar-refractivity contribution is 7.90. The Labute approximate surface area is 138 Å². The molecule has 0 spiro atoms. The van der Waals surface area contributed by atoms with Gasteiger partial charge in [0.1, 0.15) is 17.5 Å². The highest BCUT2D eigenvalue weighted by atomic mass is 32.2. The van der Waals surface area contributed by atoms with E-state index in [2.05, 4.69) is 4.98 Å². The topological polar surface area (TPSA) is 70.5 Å². The van der Waals surface area contributed by atoms with Crippen molar-refractivity contribution in [3.05, 3.63) is 53.7 Å². The minimum Gasteiger partial charge on any atom is -0.391 e. The highest BCUT2D eigenvalue weighted by Crippen LogP contribution is 2.36. The number of aliphatic hydroxyl groups excluding tert-OH is 1. The van der Waals surface area contributed by atoms with Gasteiger partial charge in [-0.1, -0.05) is 0 Å². The second kappa shape index (κ2) is 6.10. The van der Waals surface area contributed by atoms with Crippen molar-refractivity contribution in [2.75, 3.05) is 17.7 Å². The molecule has 0 radical (unpaired) electrons. The van der Waals surface area contributed by atoms with Crippen molar-refractivity contribution in [1.29, 1.82) is 0 Å². The third kappa shape index (κ3) is 3.25. The highest BCUT2D eigenvalue weighted by Gasteiger charge is 2.34. The molecule has 5 nitrogen and oxygen atoms in total. The average Bonchev–Trinajstić information content (AvgIpc) is 2.91. The van der Waals surface area contributed by atoms with Crippen LogP contribution in [0.1, 0.15) is 18.0 Å². The lowest BCUT2D eigenvalue weighted by atomic mass is 10.0. The summed E-state index contributed by atoms with van der Waals surface area (Å²) in [6.07, 6.45) is 1.81. The van der Waals surface area contributed by atoms with Gasteiger partial charge >= 0.3 is 0 Å². The summed E-state index contributed by atoms with van der Waals surface area (Å²) in [5.74, 6) is -0.728. The van der Waals surface area contributed by atoms with E-state index >= 15 is 0 Å². The van der Waals surface area contributed by atoms with Crippen molar-refractivity contribution in [3.63, 3.8) is 0 Å². The van der Waals surface area contributed by atoms with Gasteiger partial charge in [-0.2, -0.15) is 0 Å². The van der Waals surface area contributed by atoms with E-state index in [1.165, 1.54) is 18.3 Å². The summed E-state index contributed by atoms with van der Waals surface area (Å²) in [6, 6.07) is 5.52. The molecule has 1 fully saturated rings. The predicted octanol–water partition coefficient (Wildman–Crippen LogP) is 2.08. The zero-order valence-electron chi connectivity index (χ0n) is 12.9. The van der Waals surface area contributed by atoms with Gasteiger partial charge in [-0.05, 0) is 36.8 Å². The standard InChI is InChI=1S/C16H16F2N2O3S/c1-24(22,23)12-3-5-16(19-8-12)20-9-11(21)7-15(20)13-6-10(17)2-4-14(13)18/h2-6,8,11,15,21H,7,9H2,1H3. The third-order valence-corrected chi connectivity index (χ3v) is 5.14. The zero-order chi connectivity index (χ0) is 17.5. The molecule has 1 aliphatic rings. The van der Waals surface area contributed by atoms with Crippen LogP contribution in [-0.4, -0.2) is 37.4 Å². The minimum absolute atomic E-state index is 0.0690. The maximum absolute atomic E-state index is 14.1. The van der Waals surface area contributed by atoms with E-state index in [1.807, 2.05) is 0 Å². The molecule has 2 heterocycles. The van der Waals surface area contributed by atoms with Crippen LogP contribution in [0.4, 0.5) is 14.6 Å². The molecule has 0 aliphatic carbocycles. The summed E-state index contributed by atoms with van der Waals surface area (Å²) in [7, 11) is -3.37. The van der Waals surface area contributed by atoms with Gasteiger partial charge in [0.15, 0.2) is 9.84 Å². The van der Waals surface area contributed by atoms with Crippen molar-refractivity contribution < 1.29 is 22.3 Å². The fourth-order valence-corrected chi connectivity index (χ4v) is 3.45. The van der Waals surface area contributed by atoms with E-state index in [4.69, 9.17) is 0 Å². The van der Waals surface area contributed by atoms with Crippen molar-refractivity contribution in [2.45, 2.75) is 23.5 Å². The van der Waals surface area contributed by atoms with Crippen LogP contribution in [0.2, 0.25) is 0 Å². The summed E-state index contributed by atoms with van der Waals surface area (Å²) in [5.41, 5.74) is 0.139. The Balaban J connectivity index is 1.98. The van der Waals surface area contributed by atoms with E-state index in [9.17, 15) is 22.3 Å².